The number of hydrogen-bond acceptors (Lipinski definition) is 3. The van der Waals surface area contributed by atoms with Crippen molar-refractivity contribution in [3.8, 4) is 5.75 Å². The van der Waals surface area contributed by atoms with Crippen molar-refractivity contribution in [1.82, 2.24) is 10.2 Å². The Balaban J connectivity index is 2.24. The first kappa shape index (κ1) is 13.5. The number of rotatable bonds is 6. The van der Waals surface area contributed by atoms with Crippen molar-refractivity contribution in [2.75, 3.05) is 34.3 Å². The number of nitrogens with zero attached hydrogens (tertiary/aromatic N) is 1. The highest BCUT2D eigenvalue weighted by molar-refractivity contribution is 5.77. The average Bonchev–Trinajstić information content (AvgIpc) is 2.35. The highest BCUT2D eigenvalue weighted by Crippen LogP contribution is 2.11. The number of likely N-dealkylation sites (N-methyl/N-ethyl adjacent to an activating group) is 1. The normalized spacial score (nSPS) is 10.1. The van der Waals surface area contributed by atoms with Gasteiger partial charge in [-0.25, -0.2) is 0 Å². The summed E-state index contributed by atoms with van der Waals surface area (Å²) in [7, 11) is 5.17. The molecular formula is C13H20N2O2. The van der Waals surface area contributed by atoms with Gasteiger partial charge in [-0.1, -0.05) is 12.1 Å². The van der Waals surface area contributed by atoms with Crippen LogP contribution in [0.15, 0.2) is 24.3 Å². The lowest BCUT2D eigenvalue weighted by Crippen LogP contribution is -2.33. The zero-order valence-corrected chi connectivity index (χ0v) is 10.7. The van der Waals surface area contributed by atoms with Crippen molar-refractivity contribution >= 4 is 5.91 Å². The predicted molar refractivity (Wildman–Crippen MR) is 68.3 cm³/mol. The van der Waals surface area contributed by atoms with Crippen molar-refractivity contribution < 1.29 is 9.53 Å². The standard InChI is InChI=1S/C13H20N2O2/c1-15(2)13(16)10-14-9-8-11-4-6-12(17-3)7-5-11/h4-7,14H,8-10H2,1-3H3. The van der Waals surface area contributed by atoms with Crippen LogP contribution in [-0.2, 0) is 11.2 Å². The van der Waals surface area contributed by atoms with E-state index in [9.17, 15) is 4.79 Å². The summed E-state index contributed by atoms with van der Waals surface area (Å²) in [6, 6.07) is 7.96. The molecule has 0 aliphatic heterocycles. The van der Waals surface area contributed by atoms with E-state index in [-0.39, 0.29) is 5.91 Å². The number of nitrogens with one attached hydrogen (secondary N) is 1. The Labute approximate surface area is 103 Å². The van der Waals surface area contributed by atoms with E-state index in [1.165, 1.54) is 5.56 Å². The van der Waals surface area contributed by atoms with Crippen LogP contribution in [0.1, 0.15) is 5.56 Å². The maximum atomic E-state index is 11.3. The van der Waals surface area contributed by atoms with E-state index < -0.39 is 0 Å². The molecule has 0 aromatic heterocycles. The summed E-state index contributed by atoms with van der Waals surface area (Å²) in [6.07, 6.45) is 0.907. The summed E-state index contributed by atoms with van der Waals surface area (Å²) in [5, 5.41) is 3.12. The van der Waals surface area contributed by atoms with Crippen LogP contribution < -0.4 is 10.1 Å². The van der Waals surface area contributed by atoms with E-state index >= 15 is 0 Å². The Morgan fingerprint density at radius 1 is 1.29 bits per heavy atom. The van der Waals surface area contributed by atoms with Crippen LogP contribution in [0.5, 0.6) is 5.75 Å². The Morgan fingerprint density at radius 2 is 1.94 bits per heavy atom. The molecule has 0 heterocycles. The number of hydrogen-bond donors (Lipinski definition) is 1. The molecule has 4 heteroatoms. The van der Waals surface area contributed by atoms with Gasteiger partial charge in [0.15, 0.2) is 0 Å². The summed E-state index contributed by atoms with van der Waals surface area (Å²) in [4.78, 5) is 12.9. The maximum absolute atomic E-state index is 11.3. The molecule has 17 heavy (non-hydrogen) atoms. The molecule has 0 aliphatic carbocycles. The summed E-state index contributed by atoms with van der Waals surface area (Å²) >= 11 is 0. The number of amides is 1. The molecular weight excluding hydrogens is 216 g/mol. The fourth-order valence-electron chi connectivity index (χ4n) is 1.38. The van der Waals surface area contributed by atoms with Crippen LogP contribution in [-0.4, -0.2) is 45.1 Å². The number of ether oxygens (including phenoxy) is 1. The zero-order chi connectivity index (χ0) is 12.7. The minimum absolute atomic E-state index is 0.0970. The van der Waals surface area contributed by atoms with Gasteiger partial charge in [-0.05, 0) is 30.7 Å². The number of carbonyl (C=O) groups is 1. The van der Waals surface area contributed by atoms with Gasteiger partial charge in [0.25, 0.3) is 0 Å². The topological polar surface area (TPSA) is 41.6 Å². The molecule has 1 N–H and O–H groups in total. The zero-order valence-electron chi connectivity index (χ0n) is 10.7. The van der Waals surface area contributed by atoms with Crippen LogP contribution in [0.2, 0.25) is 0 Å². The summed E-state index contributed by atoms with van der Waals surface area (Å²) in [5.74, 6) is 0.962. The van der Waals surface area contributed by atoms with Crippen LogP contribution in [0.4, 0.5) is 0 Å². The molecule has 94 valence electrons. The third-order valence-corrected chi connectivity index (χ3v) is 2.52. The van der Waals surface area contributed by atoms with E-state index in [0.717, 1.165) is 18.7 Å². The smallest absolute Gasteiger partial charge is 0.236 e. The second-order valence-corrected chi connectivity index (χ2v) is 4.06. The van der Waals surface area contributed by atoms with E-state index in [4.69, 9.17) is 4.74 Å². The molecule has 4 nitrogen and oxygen atoms in total. The van der Waals surface area contributed by atoms with E-state index in [0.29, 0.717) is 6.54 Å². The Bertz CT molecular complexity index is 347. The SMILES string of the molecule is COc1ccc(CCNCC(=O)N(C)C)cc1. The van der Waals surface area contributed by atoms with Gasteiger partial charge in [-0.15, -0.1) is 0 Å². The molecule has 0 atom stereocenters. The van der Waals surface area contributed by atoms with Gasteiger partial charge in [0, 0.05) is 14.1 Å². The van der Waals surface area contributed by atoms with Crippen molar-refractivity contribution in [1.29, 1.82) is 0 Å². The van der Waals surface area contributed by atoms with Crippen LogP contribution >= 0.6 is 0 Å². The molecule has 0 spiro atoms. The fourth-order valence-corrected chi connectivity index (χ4v) is 1.38. The Kier molecular flexibility index (Phi) is 5.49. The lowest BCUT2D eigenvalue weighted by atomic mass is 10.1. The Morgan fingerprint density at radius 3 is 2.47 bits per heavy atom. The molecule has 0 saturated heterocycles. The van der Waals surface area contributed by atoms with Gasteiger partial charge in [0.1, 0.15) is 5.75 Å². The first-order valence-electron chi connectivity index (χ1n) is 5.67. The molecule has 0 unspecified atom stereocenters. The quantitative estimate of drug-likeness (QED) is 0.747. The lowest BCUT2D eigenvalue weighted by molar-refractivity contribution is -0.127. The fraction of sp³-hybridized carbons (Fsp3) is 0.462. The van der Waals surface area contributed by atoms with Crippen LogP contribution in [0.3, 0.4) is 0 Å². The monoisotopic (exact) mass is 236 g/mol. The molecule has 0 fully saturated rings. The molecule has 1 rings (SSSR count). The summed E-state index contributed by atoms with van der Waals surface area (Å²) in [5.41, 5.74) is 1.23. The largest absolute Gasteiger partial charge is 0.497 e. The molecule has 1 amide bonds. The predicted octanol–water partition coefficient (Wildman–Crippen LogP) is 0.915. The second-order valence-electron chi connectivity index (χ2n) is 4.06. The third-order valence-electron chi connectivity index (χ3n) is 2.52. The number of methoxy groups -OCH3 is 1. The number of carbonyl (C=O) groups excluding carboxylic acids is 1. The van der Waals surface area contributed by atoms with Gasteiger partial charge in [-0.2, -0.15) is 0 Å². The van der Waals surface area contributed by atoms with Gasteiger partial charge < -0.3 is 15.0 Å². The van der Waals surface area contributed by atoms with Gasteiger partial charge in [0.2, 0.25) is 5.91 Å². The van der Waals surface area contributed by atoms with Crippen molar-refractivity contribution in [2.45, 2.75) is 6.42 Å². The minimum atomic E-state index is 0.0970. The van der Waals surface area contributed by atoms with Gasteiger partial charge in [0.05, 0.1) is 13.7 Å². The maximum Gasteiger partial charge on any atom is 0.236 e. The molecule has 1 aromatic rings. The molecule has 0 bridgehead atoms. The van der Waals surface area contributed by atoms with Crippen LogP contribution in [0, 0.1) is 0 Å². The van der Waals surface area contributed by atoms with Gasteiger partial charge >= 0.3 is 0 Å². The van der Waals surface area contributed by atoms with Crippen molar-refractivity contribution in [3.05, 3.63) is 29.8 Å². The third kappa shape index (κ3) is 4.87. The molecule has 0 radical (unpaired) electrons. The van der Waals surface area contributed by atoms with E-state index in [2.05, 4.69) is 5.32 Å². The average molecular weight is 236 g/mol. The molecule has 0 saturated carbocycles. The molecule has 1 aromatic carbocycles. The first-order chi connectivity index (χ1) is 8.13. The molecule has 0 aliphatic rings. The minimum Gasteiger partial charge on any atom is -0.497 e. The van der Waals surface area contributed by atoms with Gasteiger partial charge in [-0.3, -0.25) is 4.79 Å². The lowest BCUT2D eigenvalue weighted by Gasteiger charge is -2.10. The summed E-state index contributed by atoms with van der Waals surface area (Å²) < 4.78 is 5.09. The highest BCUT2D eigenvalue weighted by Gasteiger charge is 2.02. The summed E-state index contributed by atoms with van der Waals surface area (Å²) in [6.45, 7) is 1.19. The first-order valence-corrected chi connectivity index (χ1v) is 5.67. The van der Waals surface area contributed by atoms with Crippen molar-refractivity contribution in [3.63, 3.8) is 0 Å². The highest BCUT2D eigenvalue weighted by atomic mass is 16.5. The second kappa shape index (κ2) is 6.91. The van der Waals surface area contributed by atoms with Crippen molar-refractivity contribution in [2.24, 2.45) is 0 Å². The van der Waals surface area contributed by atoms with Crippen LogP contribution in [0.25, 0.3) is 0 Å². The number of benzene rings is 1. The van der Waals surface area contributed by atoms with E-state index in [1.54, 1.807) is 26.1 Å². The Hall–Kier alpha value is -1.55. The van der Waals surface area contributed by atoms with E-state index in [1.807, 2.05) is 24.3 Å².